The first-order valence-electron chi connectivity index (χ1n) is 8.58. The minimum atomic E-state index is 0.366. The Morgan fingerprint density at radius 1 is 0.926 bits per heavy atom. The van der Waals surface area contributed by atoms with E-state index in [1.807, 2.05) is 67.6 Å². The van der Waals surface area contributed by atoms with Crippen molar-refractivity contribution in [2.75, 3.05) is 6.61 Å². The number of hydrogen-bond acceptors (Lipinski definition) is 3. The average molecular weight is 400 g/mol. The van der Waals surface area contributed by atoms with Gasteiger partial charge in [-0.25, -0.2) is 0 Å². The van der Waals surface area contributed by atoms with Crippen molar-refractivity contribution in [1.29, 1.82) is 0 Å². The minimum absolute atomic E-state index is 0.366. The van der Waals surface area contributed by atoms with Gasteiger partial charge in [0, 0.05) is 27.4 Å². The second-order valence-electron chi connectivity index (χ2n) is 5.75. The molecule has 3 aromatic rings. The summed E-state index contributed by atoms with van der Waals surface area (Å²) in [6.07, 6.45) is 1.74. The molecule has 0 unspecified atom stereocenters. The summed E-state index contributed by atoms with van der Waals surface area (Å²) in [7, 11) is 0. The molecule has 0 aliphatic heterocycles. The van der Waals surface area contributed by atoms with E-state index < -0.39 is 0 Å². The second kappa shape index (κ2) is 9.45. The van der Waals surface area contributed by atoms with Crippen LogP contribution in [0.5, 0.6) is 11.5 Å². The van der Waals surface area contributed by atoms with Crippen LogP contribution in [0, 0.1) is 0 Å². The Hall–Kier alpha value is -2.49. The number of aliphatic imine (C=N–C) groups is 1. The van der Waals surface area contributed by atoms with Gasteiger partial charge in [0.05, 0.1) is 12.3 Å². The molecule has 0 aromatic heterocycles. The van der Waals surface area contributed by atoms with Crippen LogP contribution in [0.25, 0.3) is 0 Å². The molecule has 0 aliphatic carbocycles. The van der Waals surface area contributed by atoms with E-state index in [0.717, 1.165) is 22.6 Å². The minimum Gasteiger partial charge on any atom is -0.494 e. The van der Waals surface area contributed by atoms with Gasteiger partial charge in [0.2, 0.25) is 0 Å². The summed E-state index contributed by atoms with van der Waals surface area (Å²) in [5.41, 5.74) is 2.53. The summed E-state index contributed by atoms with van der Waals surface area (Å²) in [5, 5.41) is 1.30. The smallest absolute Gasteiger partial charge is 0.128 e. The molecule has 27 heavy (non-hydrogen) atoms. The maximum Gasteiger partial charge on any atom is 0.128 e. The standard InChI is InChI=1S/C22H19Cl2NO2/c1-2-26-20-10-8-19(9-11-20)25-14-17-13-18(23)7-12-22(17)27-15-16-5-3-4-6-21(16)24/h3-14H,2,15H2,1H3. The molecular formula is C22H19Cl2NO2. The van der Waals surface area contributed by atoms with Gasteiger partial charge in [-0.1, -0.05) is 41.4 Å². The fourth-order valence-electron chi connectivity index (χ4n) is 2.46. The van der Waals surface area contributed by atoms with Crippen molar-refractivity contribution in [2.45, 2.75) is 13.5 Å². The van der Waals surface area contributed by atoms with E-state index in [1.165, 1.54) is 0 Å². The van der Waals surface area contributed by atoms with Gasteiger partial charge in [0.1, 0.15) is 18.1 Å². The lowest BCUT2D eigenvalue weighted by molar-refractivity contribution is 0.306. The maximum atomic E-state index is 6.19. The number of halogens is 2. The van der Waals surface area contributed by atoms with Gasteiger partial charge in [0.25, 0.3) is 0 Å². The molecule has 0 heterocycles. The Morgan fingerprint density at radius 2 is 1.70 bits per heavy atom. The number of nitrogens with zero attached hydrogens (tertiary/aromatic N) is 1. The van der Waals surface area contributed by atoms with Crippen LogP contribution in [-0.2, 0) is 6.61 Å². The first-order chi connectivity index (χ1) is 13.2. The molecule has 0 radical (unpaired) electrons. The molecule has 0 amide bonds. The summed E-state index contributed by atoms with van der Waals surface area (Å²) < 4.78 is 11.4. The van der Waals surface area contributed by atoms with E-state index in [-0.39, 0.29) is 0 Å². The van der Waals surface area contributed by atoms with Crippen LogP contribution >= 0.6 is 23.2 Å². The molecule has 3 rings (SSSR count). The van der Waals surface area contributed by atoms with Crippen molar-refractivity contribution in [2.24, 2.45) is 4.99 Å². The van der Waals surface area contributed by atoms with E-state index in [0.29, 0.717) is 29.0 Å². The highest BCUT2D eigenvalue weighted by Crippen LogP contribution is 2.25. The molecule has 0 spiro atoms. The van der Waals surface area contributed by atoms with Gasteiger partial charge >= 0.3 is 0 Å². The molecule has 5 heteroatoms. The molecule has 3 nitrogen and oxygen atoms in total. The summed E-state index contributed by atoms with van der Waals surface area (Å²) in [4.78, 5) is 4.51. The molecule has 0 bridgehead atoms. The lowest BCUT2D eigenvalue weighted by atomic mass is 10.2. The third kappa shape index (κ3) is 5.49. The monoisotopic (exact) mass is 399 g/mol. The molecule has 0 saturated heterocycles. The van der Waals surface area contributed by atoms with Crippen LogP contribution in [0.3, 0.4) is 0 Å². The van der Waals surface area contributed by atoms with Crippen molar-refractivity contribution >= 4 is 35.1 Å². The lowest BCUT2D eigenvalue weighted by Crippen LogP contribution is -1.99. The number of ether oxygens (including phenoxy) is 2. The van der Waals surface area contributed by atoms with Crippen molar-refractivity contribution in [1.82, 2.24) is 0 Å². The second-order valence-corrected chi connectivity index (χ2v) is 6.59. The van der Waals surface area contributed by atoms with Crippen molar-refractivity contribution in [3.8, 4) is 11.5 Å². The summed E-state index contributed by atoms with van der Waals surface area (Å²) in [6, 6.07) is 20.6. The molecule has 0 atom stereocenters. The zero-order valence-electron chi connectivity index (χ0n) is 14.9. The fourth-order valence-corrected chi connectivity index (χ4v) is 2.83. The molecular weight excluding hydrogens is 381 g/mol. The Morgan fingerprint density at radius 3 is 2.44 bits per heavy atom. The fraction of sp³-hybridized carbons (Fsp3) is 0.136. The van der Waals surface area contributed by atoms with Crippen molar-refractivity contribution in [3.05, 3.63) is 87.9 Å². The predicted octanol–water partition coefficient (Wildman–Crippen LogP) is 6.72. The number of rotatable bonds is 7. The third-order valence-electron chi connectivity index (χ3n) is 3.81. The molecule has 3 aromatic carbocycles. The Bertz CT molecular complexity index is 924. The Labute approximate surface area is 169 Å². The van der Waals surface area contributed by atoms with Crippen LogP contribution in [0.1, 0.15) is 18.1 Å². The van der Waals surface area contributed by atoms with Gasteiger partial charge in [-0.2, -0.15) is 0 Å². The number of hydrogen-bond donors (Lipinski definition) is 0. The van der Waals surface area contributed by atoms with Crippen LogP contribution in [0.15, 0.2) is 71.7 Å². The predicted molar refractivity (Wildman–Crippen MR) is 112 cm³/mol. The van der Waals surface area contributed by atoms with Crippen molar-refractivity contribution < 1.29 is 9.47 Å². The Balaban J connectivity index is 1.76. The lowest BCUT2D eigenvalue weighted by Gasteiger charge is -2.10. The Kier molecular flexibility index (Phi) is 6.74. The molecule has 0 saturated carbocycles. The van der Waals surface area contributed by atoms with Crippen LogP contribution in [0.4, 0.5) is 5.69 Å². The highest BCUT2D eigenvalue weighted by Gasteiger charge is 2.06. The van der Waals surface area contributed by atoms with Gasteiger partial charge in [-0.15, -0.1) is 0 Å². The highest BCUT2D eigenvalue weighted by molar-refractivity contribution is 6.31. The van der Waals surface area contributed by atoms with E-state index in [4.69, 9.17) is 32.7 Å². The largest absolute Gasteiger partial charge is 0.494 e. The zero-order valence-corrected chi connectivity index (χ0v) is 16.4. The van der Waals surface area contributed by atoms with E-state index >= 15 is 0 Å². The van der Waals surface area contributed by atoms with E-state index in [2.05, 4.69) is 4.99 Å². The normalized spacial score (nSPS) is 10.9. The summed E-state index contributed by atoms with van der Waals surface area (Å²) in [6.45, 7) is 2.96. The average Bonchev–Trinajstić information content (AvgIpc) is 2.68. The maximum absolute atomic E-state index is 6.19. The molecule has 0 aliphatic rings. The zero-order chi connectivity index (χ0) is 19.1. The molecule has 0 N–H and O–H groups in total. The van der Waals surface area contributed by atoms with Crippen LogP contribution < -0.4 is 9.47 Å². The van der Waals surface area contributed by atoms with Crippen LogP contribution in [-0.4, -0.2) is 12.8 Å². The van der Waals surface area contributed by atoms with Gasteiger partial charge in [-0.05, 0) is 55.5 Å². The third-order valence-corrected chi connectivity index (χ3v) is 4.42. The number of benzene rings is 3. The molecule has 138 valence electrons. The summed E-state index contributed by atoms with van der Waals surface area (Å²) >= 11 is 12.3. The van der Waals surface area contributed by atoms with Gasteiger partial charge in [-0.3, -0.25) is 4.99 Å². The van der Waals surface area contributed by atoms with E-state index in [9.17, 15) is 0 Å². The first kappa shape index (κ1) is 19.3. The van der Waals surface area contributed by atoms with Crippen LogP contribution in [0.2, 0.25) is 10.0 Å². The topological polar surface area (TPSA) is 30.8 Å². The highest BCUT2D eigenvalue weighted by atomic mass is 35.5. The van der Waals surface area contributed by atoms with E-state index in [1.54, 1.807) is 12.3 Å². The van der Waals surface area contributed by atoms with Crippen molar-refractivity contribution in [3.63, 3.8) is 0 Å². The quantitative estimate of drug-likeness (QED) is 0.412. The first-order valence-corrected chi connectivity index (χ1v) is 9.34. The molecule has 0 fully saturated rings. The van der Waals surface area contributed by atoms with Gasteiger partial charge < -0.3 is 9.47 Å². The van der Waals surface area contributed by atoms with Gasteiger partial charge in [0.15, 0.2) is 0 Å². The SMILES string of the molecule is CCOc1ccc(N=Cc2cc(Cl)ccc2OCc2ccccc2Cl)cc1. The summed E-state index contributed by atoms with van der Waals surface area (Å²) in [5.74, 6) is 1.51.